The Morgan fingerprint density at radius 2 is 2.23 bits per heavy atom. The lowest BCUT2D eigenvalue weighted by Crippen LogP contribution is -2.44. The number of nitrogens with one attached hydrogen (secondary N) is 2. The van der Waals surface area contributed by atoms with Crippen molar-refractivity contribution in [2.45, 2.75) is 32.8 Å². The van der Waals surface area contributed by atoms with Gasteiger partial charge in [0.1, 0.15) is 17.1 Å². The van der Waals surface area contributed by atoms with Crippen LogP contribution in [0.15, 0.2) is 21.4 Å². The number of aryl methyl sites for hydroxylation is 2. The Morgan fingerprint density at radius 1 is 1.45 bits per heavy atom. The molecule has 0 saturated carbocycles. The second-order valence-electron chi connectivity index (χ2n) is 5.44. The molecule has 22 heavy (non-hydrogen) atoms. The van der Waals surface area contributed by atoms with Gasteiger partial charge in [0, 0.05) is 23.9 Å². The van der Waals surface area contributed by atoms with Crippen molar-refractivity contribution in [1.82, 2.24) is 15.6 Å². The predicted molar refractivity (Wildman–Crippen MR) is 85.0 cm³/mol. The SMILES string of the molecule is Cc1cc(C(C)(O)CNC(=O)NCCc2cscn2)c(C)o1. The van der Waals surface area contributed by atoms with E-state index in [1.165, 1.54) is 11.3 Å². The fourth-order valence-corrected chi connectivity index (χ4v) is 2.83. The number of hydrogen-bond acceptors (Lipinski definition) is 5. The van der Waals surface area contributed by atoms with Gasteiger partial charge < -0.3 is 20.2 Å². The van der Waals surface area contributed by atoms with Crippen LogP contribution in [0.25, 0.3) is 0 Å². The van der Waals surface area contributed by atoms with Gasteiger partial charge >= 0.3 is 6.03 Å². The Kier molecular flexibility index (Phi) is 5.20. The van der Waals surface area contributed by atoms with E-state index in [9.17, 15) is 9.90 Å². The van der Waals surface area contributed by atoms with E-state index in [0.717, 1.165) is 11.5 Å². The van der Waals surface area contributed by atoms with E-state index in [2.05, 4.69) is 15.6 Å². The Labute approximate surface area is 133 Å². The van der Waals surface area contributed by atoms with Crippen molar-refractivity contribution in [2.75, 3.05) is 13.1 Å². The van der Waals surface area contributed by atoms with Crippen LogP contribution < -0.4 is 10.6 Å². The molecule has 0 bridgehead atoms. The number of carbonyl (C=O) groups excluding carboxylic acids is 1. The topological polar surface area (TPSA) is 87.4 Å². The highest BCUT2D eigenvalue weighted by Gasteiger charge is 2.28. The quantitative estimate of drug-likeness (QED) is 0.760. The second kappa shape index (κ2) is 6.93. The van der Waals surface area contributed by atoms with Crippen LogP contribution in [0.2, 0.25) is 0 Å². The highest BCUT2D eigenvalue weighted by Crippen LogP contribution is 2.26. The number of urea groups is 1. The number of nitrogens with zero attached hydrogens (tertiary/aromatic N) is 1. The molecule has 7 heteroatoms. The van der Waals surface area contributed by atoms with Crippen molar-refractivity contribution in [2.24, 2.45) is 0 Å². The smallest absolute Gasteiger partial charge is 0.314 e. The lowest BCUT2D eigenvalue weighted by molar-refractivity contribution is 0.0579. The molecule has 0 aromatic carbocycles. The van der Waals surface area contributed by atoms with Gasteiger partial charge in [-0.1, -0.05) is 0 Å². The van der Waals surface area contributed by atoms with E-state index in [0.29, 0.717) is 24.3 Å². The Bertz CT molecular complexity index is 620. The van der Waals surface area contributed by atoms with Crippen LogP contribution in [0.3, 0.4) is 0 Å². The average molecular weight is 323 g/mol. The van der Waals surface area contributed by atoms with Crippen LogP contribution in [-0.2, 0) is 12.0 Å². The van der Waals surface area contributed by atoms with E-state index < -0.39 is 5.60 Å². The largest absolute Gasteiger partial charge is 0.466 e. The van der Waals surface area contributed by atoms with E-state index in [4.69, 9.17) is 4.42 Å². The van der Waals surface area contributed by atoms with E-state index in [-0.39, 0.29) is 12.6 Å². The Morgan fingerprint density at radius 3 is 2.82 bits per heavy atom. The van der Waals surface area contributed by atoms with Gasteiger partial charge in [-0.2, -0.15) is 0 Å². The molecule has 2 heterocycles. The molecular weight excluding hydrogens is 302 g/mol. The minimum atomic E-state index is -1.17. The normalized spacial score (nSPS) is 13.6. The van der Waals surface area contributed by atoms with Crippen molar-refractivity contribution in [1.29, 1.82) is 0 Å². The van der Waals surface area contributed by atoms with Crippen molar-refractivity contribution < 1.29 is 14.3 Å². The molecule has 2 aromatic heterocycles. The first-order valence-electron chi connectivity index (χ1n) is 7.07. The summed E-state index contributed by atoms with van der Waals surface area (Å²) in [4.78, 5) is 15.9. The molecule has 0 saturated heterocycles. The molecule has 6 nitrogen and oxygen atoms in total. The molecule has 1 atom stereocenters. The average Bonchev–Trinajstić information content (AvgIpc) is 3.06. The number of amides is 2. The van der Waals surface area contributed by atoms with Crippen LogP contribution >= 0.6 is 11.3 Å². The monoisotopic (exact) mass is 323 g/mol. The maximum absolute atomic E-state index is 11.8. The standard InChI is InChI=1S/C15H21N3O3S/c1-10-6-13(11(2)21-10)15(3,20)8-17-14(19)16-5-4-12-7-22-9-18-12/h6-7,9,20H,4-5,8H2,1-3H3,(H2,16,17,19). The molecule has 0 spiro atoms. The van der Waals surface area contributed by atoms with Gasteiger partial charge in [0.05, 0.1) is 17.7 Å². The number of rotatable bonds is 6. The fourth-order valence-electron chi connectivity index (χ4n) is 2.24. The first-order valence-corrected chi connectivity index (χ1v) is 8.01. The summed E-state index contributed by atoms with van der Waals surface area (Å²) >= 11 is 1.53. The molecule has 0 aliphatic carbocycles. The van der Waals surface area contributed by atoms with Crippen molar-refractivity contribution >= 4 is 17.4 Å². The fraction of sp³-hybridized carbons (Fsp3) is 0.467. The Balaban J connectivity index is 1.78. The predicted octanol–water partition coefficient (Wildman–Crippen LogP) is 2.10. The van der Waals surface area contributed by atoms with Crippen molar-refractivity contribution in [3.63, 3.8) is 0 Å². The van der Waals surface area contributed by atoms with Gasteiger partial charge in [-0.05, 0) is 26.8 Å². The molecular formula is C15H21N3O3S. The molecule has 0 aliphatic heterocycles. The van der Waals surface area contributed by atoms with Crippen LogP contribution in [-0.4, -0.2) is 29.2 Å². The summed E-state index contributed by atoms with van der Waals surface area (Å²) in [6.45, 7) is 5.88. The molecule has 3 N–H and O–H groups in total. The molecule has 0 aliphatic rings. The third kappa shape index (κ3) is 4.32. The summed E-state index contributed by atoms with van der Waals surface area (Å²) in [6, 6.07) is 1.48. The number of carbonyl (C=O) groups is 1. The van der Waals surface area contributed by atoms with Gasteiger partial charge in [-0.3, -0.25) is 0 Å². The summed E-state index contributed by atoms with van der Waals surface area (Å²) in [7, 11) is 0. The highest BCUT2D eigenvalue weighted by molar-refractivity contribution is 7.07. The molecule has 2 rings (SSSR count). The molecule has 120 valence electrons. The first kappa shape index (κ1) is 16.5. The highest BCUT2D eigenvalue weighted by atomic mass is 32.1. The van der Waals surface area contributed by atoms with Crippen molar-refractivity contribution in [3.8, 4) is 0 Å². The van der Waals surface area contributed by atoms with Gasteiger partial charge in [0.2, 0.25) is 0 Å². The van der Waals surface area contributed by atoms with E-state index >= 15 is 0 Å². The molecule has 0 fully saturated rings. The molecule has 0 radical (unpaired) electrons. The minimum Gasteiger partial charge on any atom is -0.466 e. The first-order chi connectivity index (χ1) is 10.4. The van der Waals surface area contributed by atoms with Crippen LogP contribution in [0, 0.1) is 13.8 Å². The molecule has 1 unspecified atom stereocenters. The maximum atomic E-state index is 11.8. The number of aliphatic hydroxyl groups is 1. The summed E-state index contributed by atoms with van der Waals surface area (Å²) in [5.74, 6) is 1.40. The van der Waals surface area contributed by atoms with Crippen LogP contribution in [0.5, 0.6) is 0 Å². The summed E-state index contributed by atoms with van der Waals surface area (Å²) in [5, 5.41) is 17.9. The number of aromatic nitrogens is 1. The lowest BCUT2D eigenvalue weighted by atomic mass is 9.96. The number of furan rings is 1. The van der Waals surface area contributed by atoms with Gasteiger partial charge in [-0.15, -0.1) is 11.3 Å². The van der Waals surface area contributed by atoms with Gasteiger partial charge in [0.15, 0.2) is 0 Å². The third-order valence-corrected chi connectivity index (χ3v) is 4.00. The summed E-state index contributed by atoms with van der Waals surface area (Å²) in [6.07, 6.45) is 0.688. The van der Waals surface area contributed by atoms with Crippen molar-refractivity contribution in [3.05, 3.63) is 39.7 Å². The number of thiazole rings is 1. The zero-order chi connectivity index (χ0) is 16.2. The number of hydrogen-bond donors (Lipinski definition) is 3. The summed E-state index contributed by atoms with van der Waals surface area (Å²) in [5.41, 5.74) is 2.24. The minimum absolute atomic E-state index is 0.106. The zero-order valence-electron chi connectivity index (χ0n) is 13.0. The van der Waals surface area contributed by atoms with E-state index in [1.807, 2.05) is 12.3 Å². The second-order valence-corrected chi connectivity index (χ2v) is 6.16. The third-order valence-electron chi connectivity index (χ3n) is 3.36. The van der Waals surface area contributed by atoms with Gasteiger partial charge in [0.25, 0.3) is 0 Å². The van der Waals surface area contributed by atoms with Crippen LogP contribution in [0.1, 0.15) is 29.7 Å². The van der Waals surface area contributed by atoms with Gasteiger partial charge in [-0.25, -0.2) is 9.78 Å². The molecule has 2 amide bonds. The van der Waals surface area contributed by atoms with Crippen LogP contribution in [0.4, 0.5) is 4.79 Å². The lowest BCUT2D eigenvalue weighted by Gasteiger charge is -2.23. The molecule has 2 aromatic rings. The maximum Gasteiger partial charge on any atom is 0.314 e. The summed E-state index contributed by atoms with van der Waals surface area (Å²) < 4.78 is 5.42. The Hall–Kier alpha value is -1.86. The zero-order valence-corrected chi connectivity index (χ0v) is 13.8. The van der Waals surface area contributed by atoms with E-state index in [1.54, 1.807) is 25.4 Å².